The standard InChI is InChI=1S/C30H67Cl3Si7Te/c1-34(2,3)28(35(4,5)6)25-22-24(30(38(13,14)15,39(16,17)18)40(19,20)21)23-26(27(25)41(31,32)33)29(36(7,8)9)37(10,11)12/h22-23,28-29H,1-21H3. The van der Waals surface area contributed by atoms with Crippen LogP contribution in [-0.4, -0.2) is 71.3 Å². The van der Waals surface area contributed by atoms with Gasteiger partial charge in [-0.25, -0.2) is 0 Å². The zero-order valence-electron chi connectivity index (χ0n) is 30.9. The Balaban J connectivity index is 4.99. The number of halogens is 3. The number of hydrogen-bond donors (Lipinski definition) is 0. The van der Waals surface area contributed by atoms with E-state index in [1.54, 1.807) is 5.56 Å². The van der Waals surface area contributed by atoms with E-state index < -0.39 is 71.3 Å². The minimum absolute atomic E-state index is 0.294. The van der Waals surface area contributed by atoms with E-state index >= 15 is 0 Å². The van der Waals surface area contributed by atoms with Gasteiger partial charge in [-0.3, -0.25) is 0 Å². The van der Waals surface area contributed by atoms with Crippen LogP contribution in [0.2, 0.25) is 137 Å². The number of rotatable bonds is 11. The molecule has 0 N–H and O–H groups in total. The topological polar surface area (TPSA) is 0 Å². The fraction of sp³-hybridized carbons (Fsp3) is 0.800. The Bertz CT molecular complexity index is 966. The summed E-state index contributed by atoms with van der Waals surface area (Å²) in [5.74, 6) is 0. The summed E-state index contributed by atoms with van der Waals surface area (Å²) in [5, 5.41) is 1.11. The van der Waals surface area contributed by atoms with Gasteiger partial charge in [-0.15, -0.1) is 0 Å². The molecule has 0 amide bonds. The van der Waals surface area contributed by atoms with Gasteiger partial charge in [0.15, 0.2) is 0 Å². The van der Waals surface area contributed by atoms with E-state index in [0.29, 0.717) is 14.6 Å². The molecule has 11 heteroatoms. The second kappa shape index (κ2) is 12.4. The molecule has 0 aliphatic heterocycles. The van der Waals surface area contributed by atoms with Gasteiger partial charge in [0, 0.05) is 0 Å². The molecule has 0 fully saturated rings. The fourth-order valence-corrected chi connectivity index (χ4v) is 73.6. The molecular weight excluding hydrogens is 791 g/mol. The van der Waals surface area contributed by atoms with Crippen LogP contribution in [0.15, 0.2) is 12.1 Å². The van der Waals surface area contributed by atoms with E-state index in [1.807, 2.05) is 0 Å². The summed E-state index contributed by atoms with van der Waals surface area (Å²) in [6.45, 7) is 55.0. The van der Waals surface area contributed by atoms with Crippen LogP contribution in [0.4, 0.5) is 0 Å². The average molecular weight is 858 g/mol. The van der Waals surface area contributed by atoms with Gasteiger partial charge >= 0.3 is 283 Å². The van der Waals surface area contributed by atoms with E-state index in [2.05, 4.69) is 150 Å². The Morgan fingerprint density at radius 2 is 0.683 bits per heavy atom. The molecule has 0 aliphatic rings. The molecule has 0 radical (unpaired) electrons. The van der Waals surface area contributed by atoms with Crippen LogP contribution in [0.25, 0.3) is 0 Å². The zero-order chi connectivity index (χ0) is 33.4. The van der Waals surface area contributed by atoms with Crippen LogP contribution in [0.3, 0.4) is 0 Å². The van der Waals surface area contributed by atoms with Gasteiger partial charge < -0.3 is 0 Å². The third-order valence-electron chi connectivity index (χ3n) is 9.27. The monoisotopic (exact) mass is 858 g/mol. The summed E-state index contributed by atoms with van der Waals surface area (Å²) in [5.41, 5.74) is 4.69. The molecule has 1 rings (SSSR count). The molecule has 0 bridgehead atoms. The molecule has 242 valence electrons. The van der Waals surface area contributed by atoms with Gasteiger partial charge in [-0.2, -0.15) is 0 Å². The molecule has 0 spiro atoms. The van der Waals surface area contributed by atoms with Crippen molar-refractivity contribution in [3.05, 3.63) is 28.8 Å². The van der Waals surface area contributed by atoms with Crippen molar-refractivity contribution in [3.8, 4) is 0 Å². The zero-order valence-corrected chi connectivity index (χ0v) is 42.4. The molecule has 0 saturated carbocycles. The van der Waals surface area contributed by atoms with Gasteiger partial charge in [0.1, 0.15) is 0 Å². The van der Waals surface area contributed by atoms with Crippen molar-refractivity contribution >= 4 is 102 Å². The molecule has 0 heterocycles. The molecule has 1 aromatic rings. The van der Waals surface area contributed by atoms with E-state index in [4.69, 9.17) is 26.9 Å². The first kappa shape index (κ1) is 41.4. The van der Waals surface area contributed by atoms with E-state index in [1.165, 1.54) is 14.7 Å². The first-order valence-electron chi connectivity index (χ1n) is 15.6. The quantitative estimate of drug-likeness (QED) is 0.195. The first-order valence-corrected chi connectivity index (χ1v) is 50.4. The van der Waals surface area contributed by atoms with E-state index in [9.17, 15) is 0 Å². The Kier molecular flexibility index (Phi) is 12.6. The van der Waals surface area contributed by atoms with Crippen LogP contribution < -0.4 is 3.61 Å². The summed E-state index contributed by atoms with van der Waals surface area (Å²) in [4.78, 5) is 0. The minimum atomic E-state index is -3.90. The van der Waals surface area contributed by atoms with Gasteiger partial charge in [-0.05, 0) is 0 Å². The molecule has 1 aromatic carbocycles. The van der Waals surface area contributed by atoms with Crippen molar-refractivity contribution in [1.29, 1.82) is 0 Å². The molecule has 0 atom stereocenters. The second-order valence-electron chi connectivity index (χ2n) is 20.2. The van der Waals surface area contributed by atoms with Crippen molar-refractivity contribution in [1.82, 2.24) is 0 Å². The van der Waals surface area contributed by atoms with Crippen LogP contribution >= 0.6 is 26.9 Å². The van der Waals surface area contributed by atoms with Crippen LogP contribution in [0.5, 0.6) is 0 Å². The van der Waals surface area contributed by atoms with Crippen LogP contribution in [0.1, 0.15) is 27.0 Å². The predicted molar refractivity (Wildman–Crippen MR) is 220 cm³/mol. The molecule has 0 saturated heterocycles. The van der Waals surface area contributed by atoms with Crippen LogP contribution in [0, 0.1) is 0 Å². The van der Waals surface area contributed by atoms with Crippen molar-refractivity contribution < 1.29 is 0 Å². The van der Waals surface area contributed by atoms with Crippen molar-refractivity contribution in [2.24, 2.45) is 0 Å². The predicted octanol–water partition coefficient (Wildman–Crippen LogP) is 12.1. The summed E-state index contributed by atoms with van der Waals surface area (Å²) in [6.07, 6.45) is 0. The van der Waals surface area contributed by atoms with Crippen molar-refractivity contribution in [3.63, 3.8) is 0 Å². The van der Waals surface area contributed by atoms with E-state index in [0.717, 1.165) is 0 Å². The Labute approximate surface area is 280 Å². The third kappa shape index (κ3) is 8.66. The first-order chi connectivity index (χ1) is 17.4. The SMILES string of the molecule is C[Si](C)(C)C(c1cc(C([Si](C)(C)C)([Si](C)(C)C)[Si](C)(C)C)cc(C([Si](C)(C)C)[Si](C)(C)C)c1[Te](Cl)(Cl)Cl)[Si](C)(C)C. The number of benzene rings is 1. The Morgan fingerprint density at radius 1 is 0.463 bits per heavy atom. The van der Waals surface area contributed by atoms with Gasteiger partial charge in [0.25, 0.3) is 0 Å². The summed E-state index contributed by atoms with van der Waals surface area (Å²) >= 11 is -3.90. The van der Waals surface area contributed by atoms with Crippen molar-refractivity contribution in [2.45, 2.75) is 152 Å². The molecule has 0 aliphatic carbocycles. The number of hydrogen-bond acceptors (Lipinski definition) is 0. The Hall–Kier alpha value is 2.40. The maximum atomic E-state index is 7.40. The second-order valence-corrected chi connectivity index (χ2v) is 75.8. The van der Waals surface area contributed by atoms with Crippen LogP contribution in [-0.2, 0) is 4.28 Å². The van der Waals surface area contributed by atoms with Gasteiger partial charge in [0.2, 0.25) is 0 Å². The summed E-state index contributed by atoms with van der Waals surface area (Å²) in [7, 11) is 10.4. The third-order valence-corrected chi connectivity index (χ3v) is 54.7. The summed E-state index contributed by atoms with van der Waals surface area (Å²) < 4.78 is 1.56. The molecule has 0 aromatic heterocycles. The molecule has 0 nitrogen and oxygen atoms in total. The normalized spacial score (nSPS) is 16.1. The molecule has 41 heavy (non-hydrogen) atoms. The van der Waals surface area contributed by atoms with Gasteiger partial charge in [0.05, 0.1) is 0 Å². The molecule has 0 unspecified atom stereocenters. The van der Waals surface area contributed by atoms with Crippen molar-refractivity contribution in [2.75, 3.05) is 0 Å². The fourth-order valence-electron chi connectivity index (χ4n) is 10.7. The average Bonchev–Trinajstić information content (AvgIpc) is 2.50. The Morgan fingerprint density at radius 3 is 0.829 bits per heavy atom. The maximum absolute atomic E-state index is 7.40. The molecular formula is C30H67Cl3Si7Te. The van der Waals surface area contributed by atoms with Gasteiger partial charge in [-0.1, -0.05) is 0 Å². The van der Waals surface area contributed by atoms with E-state index in [-0.39, 0.29) is 0 Å². The summed E-state index contributed by atoms with van der Waals surface area (Å²) in [6, 6.07) is 5.46.